The Morgan fingerprint density at radius 1 is 1.09 bits per heavy atom. The Labute approximate surface area is 186 Å². The van der Waals surface area contributed by atoms with E-state index < -0.39 is 0 Å². The number of hydrogen-bond donors (Lipinski definition) is 1. The number of carbonyl (C=O) groups excluding carboxylic acids is 1. The van der Waals surface area contributed by atoms with Gasteiger partial charge < -0.3 is 24.3 Å². The molecule has 0 radical (unpaired) electrons. The Morgan fingerprint density at radius 3 is 2.66 bits per heavy atom. The molecular weight excluding hydrogens is 410 g/mol. The summed E-state index contributed by atoms with van der Waals surface area (Å²) in [4.78, 5) is 12.9. The summed E-state index contributed by atoms with van der Waals surface area (Å²) in [5.41, 5.74) is 2.11. The van der Waals surface area contributed by atoms with Crippen LogP contribution in [0.3, 0.4) is 0 Å². The Balaban J connectivity index is 1.31. The number of ether oxygens (including phenoxy) is 4. The van der Waals surface area contributed by atoms with Crippen LogP contribution in [-0.4, -0.2) is 49.3 Å². The highest BCUT2D eigenvalue weighted by atomic mass is 16.7. The van der Waals surface area contributed by atoms with Gasteiger partial charge in [-0.15, -0.1) is 0 Å². The van der Waals surface area contributed by atoms with Crippen LogP contribution in [0.5, 0.6) is 17.2 Å². The third kappa shape index (κ3) is 3.89. The summed E-state index contributed by atoms with van der Waals surface area (Å²) in [5, 5.41) is 7.54. The monoisotopic (exact) mass is 435 g/mol. The van der Waals surface area contributed by atoms with Crippen LogP contribution in [0.1, 0.15) is 28.9 Å². The molecule has 3 aromatic rings. The van der Waals surface area contributed by atoms with Crippen molar-refractivity contribution in [2.75, 3.05) is 33.7 Å². The van der Waals surface area contributed by atoms with Gasteiger partial charge in [0.2, 0.25) is 6.79 Å². The van der Waals surface area contributed by atoms with Crippen LogP contribution in [0.4, 0.5) is 0 Å². The third-order valence-corrected chi connectivity index (χ3v) is 6.18. The summed E-state index contributed by atoms with van der Waals surface area (Å²) in [6, 6.07) is 15.2. The number of amides is 1. The zero-order valence-electron chi connectivity index (χ0n) is 17.9. The van der Waals surface area contributed by atoms with Crippen LogP contribution in [0.25, 0.3) is 5.69 Å². The SMILES string of the molecule is COc1ccc(-n2ccc(C(=O)NCC3(c4ccc5c(c4)OCO5)CCOCC3)n2)cc1. The first-order valence-corrected chi connectivity index (χ1v) is 10.6. The minimum Gasteiger partial charge on any atom is -0.497 e. The molecule has 1 saturated heterocycles. The molecule has 2 aliphatic rings. The summed E-state index contributed by atoms with van der Waals surface area (Å²) in [6.07, 6.45) is 3.40. The highest BCUT2D eigenvalue weighted by Gasteiger charge is 2.36. The van der Waals surface area contributed by atoms with Gasteiger partial charge in [-0.2, -0.15) is 5.10 Å². The number of hydrogen-bond acceptors (Lipinski definition) is 6. The van der Waals surface area contributed by atoms with Crippen molar-refractivity contribution < 1.29 is 23.7 Å². The van der Waals surface area contributed by atoms with E-state index in [0.717, 1.165) is 41.3 Å². The largest absolute Gasteiger partial charge is 0.497 e. The van der Waals surface area contributed by atoms with Crippen molar-refractivity contribution in [2.24, 2.45) is 0 Å². The summed E-state index contributed by atoms with van der Waals surface area (Å²) in [5.74, 6) is 2.06. The average molecular weight is 435 g/mol. The maximum absolute atomic E-state index is 12.9. The topological polar surface area (TPSA) is 83.8 Å². The number of aromatic nitrogens is 2. The fraction of sp³-hybridized carbons (Fsp3) is 0.333. The van der Waals surface area contributed by atoms with Crippen LogP contribution in [0.2, 0.25) is 0 Å². The molecule has 166 valence electrons. The zero-order chi connectivity index (χ0) is 22.0. The predicted octanol–water partition coefficient (Wildman–Crippen LogP) is 3.09. The molecule has 1 amide bonds. The number of benzene rings is 2. The lowest BCUT2D eigenvalue weighted by molar-refractivity contribution is 0.0486. The molecule has 8 nitrogen and oxygen atoms in total. The molecule has 2 aliphatic heterocycles. The number of rotatable bonds is 6. The molecule has 1 N–H and O–H groups in total. The lowest BCUT2D eigenvalue weighted by Crippen LogP contribution is -2.44. The van der Waals surface area contributed by atoms with Crippen molar-refractivity contribution in [3.8, 4) is 22.9 Å². The van der Waals surface area contributed by atoms with E-state index in [1.54, 1.807) is 24.1 Å². The molecule has 1 aromatic heterocycles. The van der Waals surface area contributed by atoms with Crippen LogP contribution in [0.15, 0.2) is 54.7 Å². The zero-order valence-corrected chi connectivity index (χ0v) is 17.9. The van der Waals surface area contributed by atoms with Crippen LogP contribution >= 0.6 is 0 Å². The lowest BCUT2D eigenvalue weighted by atomic mass is 9.74. The van der Waals surface area contributed by atoms with E-state index in [9.17, 15) is 4.79 Å². The van der Waals surface area contributed by atoms with Crippen LogP contribution in [-0.2, 0) is 10.2 Å². The van der Waals surface area contributed by atoms with Gasteiger partial charge in [0.25, 0.3) is 5.91 Å². The van der Waals surface area contributed by atoms with Crippen molar-refractivity contribution in [2.45, 2.75) is 18.3 Å². The third-order valence-electron chi connectivity index (χ3n) is 6.18. The van der Waals surface area contributed by atoms with E-state index in [1.165, 1.54) is 0 Å². The second-order valence-corrected chi connectivity index (χ2v) is 7.99. The van der Waals surface area contributed by atoms with Gasteiger partial charge in [0.1, 0.15) is 5.75 Å². The Bertz CT molecular complexity index is 1100. The molecule has 8 heteroatoms. The molecule has 0 bridgehead atoms. The number of carbonyl (C=O) groups is 1. The molecule has 0 unspecified atom stereocenters. The average Bonchev–Trinajstić information content (AvgIpc) is 3.53. The molecule has 0 saturated carbocycles. The van der Waals surface area contributed by atoms with Gasteiger partial charge in [-0.05, 0) is 60.9 Å². The molecule has 1 fully saturated rings. The smallest absolute Gasteiger partial charge is 0.271 e. The van der Waals surface area contributed by atoms with Gasteiger partial charge in [-0.1, -0.05) is 6.07 Å². The highest BCUT2D eigenvalue weighted by Crippen LogP contribution is 2.40. The van der Waals surface area contributed by atoms with E-state index in [0.29, 0.717) is 25.5 Å². The summed E-state index contributed by atoms with van der Waals surface area (Å²) >= 11 is 0. The number of methoxy groups -OCH3 is 1. The van der Waals surface area contributed by atoms with E-state index in [4.69, 9.17) is 18.9 Å². The van der Waals surface area contributed by atoms with Gasteiger partial charge in [0, 0.05) is 31.4 Å². The van der Waals surface area contributed by atoms with Gasteiger partial charge in [-0.25, -0.2) is 4.68 Å². The lowest BCUT2D eigenvalue weighted by Gasteiger charge is -2.38. The second-order valence-electron chi connectivity index (χ2n) is 7.99. The van der Waals surface area contributed by atoms with E-state index in [2.05, 4.69) is 16.5 Å². The molecule has 0 aliphatic carbocycles. The second kappa shape index (κ2) is 8.55. The maximum atomic E-state index is 12.9. The maximum Gasteiger partial charge on any atom is 0.271 e. The number of nitrogens with zero attached hydrogens (tertiary/aromatic N) is 2. The number of fused-ring (bicyclic) bond motifs is 1. The highest BCUT2D eigenvalue weighted by molar-refractivity contribution is 5.92. The van der Waals surface area contributed by atoms with Gasteiger partial charge >= 0.3 is 0 Å². The van der Waals surface area contributed by atoms with E-state index >= 15 is 0 Å². The standard InChI is InChI=1S/C24H25N3O5/c1-29-19-5-3-18(4-6-19)27-11-8-20(26-27)23(28)25-15-24(9-12-30-13-10-24)17-2-7-21-22(14-17)32-16-31-21/h2-8,11,14H,9-10,12-13,15-16H2,1H3,(H,25,28). The quantitative estimate of drug-likeness (QED) is 0.641. The molecule has 5 rings (SSSR count). The Hall–Kier alpha value is -3.52. The minimum atomic E-state index is -0.229. The first kappa shape index (κ1) is 20.4. The van der Waals surface area contributed by atoms with Crippen molar-refractivity contribution in [1.82, 2.24) is 15.1 Å². The fourth-order valence-corrected chi connectivity index (χ4v) is 4.22. The van der Waals surface area contributed by atoms with Crippen molar-refractivity contribution >= 4 is 5.91 Å². The van der Waals surface area contributed by atoms with Crippen LogP contribution < -0.4 is 19.5 Å². The molecule has 3 heterocycles. The minimum absolute atomic E-state index is 0.205. The molecule has 0 spiro atoms. The van der Waals surface area contributed by atoms with Crippen LogP contribution in [0, 0.1) is 0 Å². The molecule has 2 aromatic carbocycles. The van der Waals surface area contributed by atoms with E-state index in [1.807, 2.05) is 36.4 Å². The molecular formula is C24H25N3O5. The van der Waals surface area contributed by atoms with Gasteiger partial charge in [-0.3, -0.25) is 4.79 Å². The molecule has 32 heavy (non-hydrogen) atoms. The molecule has 0 atom stereocenters. The first-order chi connectivity index (χ1) is 15.7. The normalized spacial score (nSPS) is 16.5. The first-order valence-electron chi connectivity index (χ1n) is 10.6. The number of nitrogens with one attached hydrogen (secondary N) is 1. The fourth-order valence-electron chi connectivity index (χ4n) is 4.22. The summed E-state index contributed by atoms with van der Waals surface area (Å²) in [7, 11) is 1.63. The predicted molar refractivity (Wildman–Crippen MR) is 117 cm³/mol. The summed E-state index contributed by atoms with van der Waals surface area (Å²) < 4.78 is 23.5. The summed E-state index contributed by atoms with van der Waals surface area (Å²) in [6.45, 7) is 2.03. The van der Waals surface area contributed by atoms with Gasteiger partial charge in [0.15, 0.2) is 17.2 Å². The van der Waals surface area contributed by atoms with E-state index in [-0.39, 0.29) is 18.1 Å². The van der Waals surface area contributed by atoms with Crippen molar-refractivity contribution in [3.05, 3.63) is 66.0 Å². The van der Waals surface area contributed by atoms with Crippen molar-refractivity contribution in [3.63, 3.8) is 0 Å². The Morgan fingerprint density at radius 2 is 1.88 bits per heavy atom. The Kier molecular flexibility index (Phi) is 5.45. The van der Waals surface area contributed by atoms with Gasteiger partial charge in [0.05, 0.1) is 12.8 Å². The van der Waals surface area contributed by atoms with Crippen molar-refractivity contribution in [1.29, 1.82) is 0 Å².